The molecule has 4 rings (SSSR count). The summed E-state index contributed by atoms with van der Waals surface area (Å²) in [7, 11) is 0. The second-order valence-corrected chi connectivity index (χ2v) is 8.36. The number of benzene rings is 2. The van der Waals surface area contributed by atoms with Crippen molar-refractivity contribution in [1.82, 2.24) is 20.0 Å². The smallest absolute Gasteiger partial charge is 0.317 e. The Balaban J connectivity index is 1.27. The number of amides is 3. The summed E-state index contributed by atoms with van der Waals surface area (Å²) in [5.74, 6) is -0.510. The van der Waals surface area contributed by atoms with Crippen LogP contribution < -0.4 is 5.32 Å². The van der Waals surface area contributed by atoms with Crippen LogP contribution in [0.2, 0.25) is 0 Å². The summed E-state index contributed by atoms with van der Waals surface area (Å²) in [5.41, 5.74) is 1.63. The van der Waals surface area contributed by atoms with Crippen molar-refractivity contribution in [3.8, 4) is 0 Å². The lowest BCUT2D eigenvalue weighted by atomic mass is 10.2. The van der Waals surface area contributed by atoms with Crippen LogP contribution in [0.3, 0.4) is 0 Å². The van der Waals surface area contributed by atoms with Crippen LogP contribution in [0.5, 0.6) is 0 Å². The van der Waals surface area contributed by atoms with Crippen LogP contribution in [-0.2, 0) is 17.9 Å². The number of carbonyl (C=O) groups is 2. The fourth-order valence-corrected chi connectivity index (χ4v) is 4.42. The molecule has 2 aliphatic rings. The highest BCUT2D eigenvalue weighted by Gasteiger charge is 2.36. The fourth-order valence-electron chi connectivity index (χ4n) is 4.42. The second-order valence-electron chi connectivity index (χ2n) is 8.36. The minimum absolute atomic E-state index is 0.0957. The van der Waals surface area contributed by atoms with E-state index >= 15 is 0 Å². The average molecular weight is 443 g/mol. The van der Waals surface area contributed by atoms with Crippen molar-refractivity contribution in [3.05, 3.63) is 71.3 Å². The van der Waals surface area contributed by atoms with E-state index in [2.05, 4.69) is 10.2 Å². The standard InChI is InChI=1S/C24H28F2N4O2/c25-20-7-5-18(6-8-20)17-30-12-9-22(23(30)31)28-10-2-11-29(14-13-28)24(32)27-16-19-3-1-4-21(26)15-19/h1,3-8,15,22H,2,9-14,16-17H2,(H,27,32)/t22-/m0/s1. The fraction of sp³-hybridized carbons (Fsp3) is 0.417. The monoisotopic (exact) mass is 442 g/mol. The lowest BCUT2D eigenvalue weighted by Crippen LogP contribution is -2.45. The Bertz CT molecular complexity index is 953. The molecule has 3 amide bonds. The third-order valence-electron chi connectivity index (χ3n) is 6.15. The van der Waals surface area contributed by atoms with Crippen LogP contribution in [-0.4, -0.2) is 65.4 Å². The molecule has 32 heavy (non-hydrogen) atoms. The number of likely N-dealkylation sites (tertiary alicyclic amines) is 1. The van der Waals surface area contributed by atoms with Crippen molar-refractivity contribution in [2.75, 3.05) is 32.7 Å². The molecule has 8 heteroatoms. The van der Waals surface area contributed by atoms with Crippen LogP contribution in [0.15, 0.2) is 48.5 Å². The maximum absolute atomic E-state index is 13.3. The van der Waals surface area contributed by atoms with Gasteiger partial charge in [0.2, 0.25) is 5.91 Å². The SMILES string of the molecule is O=C(NCc1cccc(F)c1)N1CCCN([C@H]2CCN(Cc3ccc(F)cc3)C2=O)CC1. The molecule has 2 aromatic carbocycles. The van der Waals surface area contributed by atoms with E-state index < -0.39 is 0 Å². The molecule has 1 N–H and O–H groups in total. The minimum atomic E-state index is -0.322. The Labute approximate surface area is 186 Å². The minimum Gasteiger partial charge on any atom is -0.337 e. The Hall–Kier alpha value is -3.00. The predicted octanol–water partition coefficient (Wildman–Crippen LogP) is 2.98. The van der Waals surface area contributed by atoms with Gasteiger partial charge in [-0.3, -0.25) is 9.69 Å². The Morgan fingerprint density at radius 2 is 1.75 bits per heavy atom. The van der Waals surface area contributed by atoms with Gasteiger partial charge in [-0.1, -0.05) is 24.3 Å². The molecule has 2 aromatic rings. The van der Waals surface area contributed by atoms with Gasteiger partial charge < -0.3 is 15.1 Å². The van der Waals surface area contributed by atoms with Crippen LogP contribution in [0.4, 0.5) is 13.6 Å². The first kappa shape index (κ1) is 22.2. The maximum Gasteiger partial charge on any atom is 0.317 e. The molecule has 2 fully saturated rings. The van der Waals surface area contributed by atoms with E-state index in [0.717, 1.165) is 24.9 Å². The molecule has 0 radical (unpaired) electrons. The molecule has 2 saturated heterocycles. The summed E-state index contributed by atoms with van der Waals surface area (Å²) in [6, 6.07) is 12.1. The normalized spacial score (nSPS) is 19.8. The summed E-state index contributed by atoms with van der Waals surface area (Å²) in [6.07, 6.45) is 1.54. The number of halogens is 2. The largest absolute Gasteiger partial charge is 0.337 e. The highest BCUT2D eigenvalue weighted by atomic mass is 19.1. The zero-order valence-corrected chi connectivity index (χ0v) is 18.0. The van der Waals surface area contributed by atoms with Crippen LogP contribution in [0.25, 0.3) is 0 Å². The van der Waals surface area contributed by atoms with Gasteiger partial charge in [0.25, 0.3) is 0 Å². The highest BCUT2D eigenvalue weighted by Crippen LogP contribution is 2.21. The van der Waals surface area contributed by atoms with Gasteiger partial charge in [0.05, 0.1) is 6.04 Å². The van der Waals surface area contributed by atoms with Crippen molar-refractivity contribution in [1.29, 1.82) is 0 Å². The molecule has 6 nitrogen and oxygen atoms in total. The molecule has 0 saturated carbocycles. The average Bonchev–Trinajstić information content (AvgIpc) is 2.99. The first-order valence-corrected chi connectivity index (χ1v) is 11.0. The first-order chi connectivity index (χ1) is 15.5. The summed E-state index contributed by atoms with van der Waals surface area (Å²) < 4.78 is 26.4. The van der Waals surface area contributed by atoms with Gasteiger partial charge in [-0.25, -0.2) is 13.6 Å². The summed E-state index contributed by atoms with van der Waals surface area (Å²) in [4.78, 5) is 31.3. The van der Waals surface area contributed by atoms with Crippen molar-refractivity contribution in [2.24, 2.45) is 0 Å². The lowest BCUT2D eigenvalue weighted by molar-refractivity contribution is -0.132. The number of hydrogen-bond donors (Lipinski definition) is 1. The summed E-state index contributed by atoms with van der Waals surface area (Å²) in [5, 5.41) is 2.86. The lowest BCUT2D eigenvalue weighted by Gasteiger charge is -2.26. The highest BCUT2D eigenvalue weighted by molar-refractivity contribution is 5.84. The van der Waals surface area contributed by atoms with E-state index in [1.165, 1.54) is 24.3 Å². The number of nitrogens with zero attached hydrogens (tertiary/aromatic N) is 3. The molecule has 0 aromatic heterocycles. The van der Waals surface area contributed by atoms with Crippen molar-refractivity contribution < 1.29 is 18.4 Å². The van der Waals surface area contributed by atoms with E-state index in [9.17, 15) is 18.4 Å². The molecule has 0 unspecified atom stereocenters. The van der Waals surface area contributed by atoms with Crippen molar-refractivity contribution in [2.45, 2.75) is 32.0 Å². The number of rotatable bonds is 5. The zero-order valence-electron chi connectivity index (χ0n) is 18.0. The number of hydrogen-bond acceptors (Lipinski definition) is 3. The molecule has 0 spiro atoms. The Kier molecular flexibility index (Phi) is 6.99. The topological polar surface area (TPSA) is 55.9 Å². The molecule has 2 heterocycles. The molecule has 2 aliphatic heterocycles. The van der Waals surface area contributed by atoms with Gasteiger partial charge >= 0.3 is 6.03 Å². The van der Waals surface area contributed by atoms with Gasteiger partial charge in [0.1, 0.15) is 11.6 Å². The first-order valence-electron chi connectivity index (χ1n) is 11.0. The second kappa shape index (κ2) is 10.1. The molecule has 170 valence electrons. The van der Waals surface area contributed by atoms with Gasteiger partial charge in [-0.2, -0.15) is 0 Å². The quantitative estimate of drug-likeness (QED) is 0.775. The Morgan fingerprint density at radius 3 is 2.53 bits per heavy atom. The van der Waals surface area contributed by atoms with Crippen molar-refractivity contribution in [3.63, 3.8) is 0 Å². The number of urea groups is 1. The molecule has 0 bridgehead atoms. The van der Waals surface area contributed by atoms with E-state index in [-0.39, 0.29) is 36.2 Å². The van der Waals surface area contributed by atoms with Crippen LogP contribution in [0, 0.1) is 11.6 Å². The molecular formula is C24H28F2N4O2. The predicted molar refractivity (Wildman–Crippen MR) is 117 cm³/mol. The summed E-state index contributed by atoms with van der Waals surface area (Å²) >= 11 is 0. The summed E-state index contributed by atoms with van der Waals surface area (Å²) in [6.45, 7) is 3.98. The van der Waals surface area contributed by atoms with Gasteiger partial charge in [-0.15, -0.1) is 0 Å². The molecule has 1 atom stereocenters. The van der Waals surface area contributed by atoms with E-state index in [1.54, 1.807) is 29.2 Å². The van der Waals surface area contributed by atoms with E-state index in [1.807, 2.05) is 4.90 Å². The van der Waals surface area contributed by atoms with Gasteiger partial charge in [-0.05, 0) is 48.2 Å². The maximum atomic E-state index is 13.3. The number of nitrogens with one attached hydrogen (secondary N) is 1. The number of carbonyl (C=O) groups excluding carboxylic acids is 2. The van der Waals surface area contributed by atoms with Crippen molar-refractivity contribution >= 4 is 11.9 Å². The van der Waals surface area contributed by atoms with Gasteiger partial charge in [0.15, 0.2) is 0 Å². The molecule has 0 aliphatic carbocycles. The third kappa shape index (κ3) is 5.43. The zero-order chi connectivity index (χ0) is 22.5. The van der Waals surface area contributed by atoms with Crippen LogP contribution >= 0.6 is 0 Å². The third-order valence-corrected chi connectivity index (χ3v) is 6.15. The van der Waals surface area contributed by atoms with E-state index in [0.29, 0.717) is 38.3 Å². The van der Waals surface area contributed by atoms with Gasteiger partial charge in [0, 0.05) is 45.8 Å². The van der Waals surface area contributed by atoms with E-state index in [4.69, 9.17) is 0 Å². The Morgan fingerprint density at radius 1 is 0.938 bits per heavy atom. The van der Waals surface area contributed by atoms with Crippen LogP contribution in [0.1, 0.15) is 24.0 Å². The molecular weight excluding hydrogens is 414 g/mol.